The Morgan fingerprint density at radius 3 is 1.81 bits per heavy atom. The van der Waals surface area contributed by atoms with Crippen molar-refractivity contribution in [3.8, 4) is 0 Å². The van der Waals surface area contributed by atoms with E-state index in [0.717, 1.165) is 5.92 Å². The van der Waals surface area contributed by atoms with Gasteiger partial charge in [-0.05, 0) is 60.0 Å². The highest BCUT2D eigenvalue weighted by Crippen LogP contribution is 2.45. The Bertz CT molecular complexity index is 430. The van der Waals surface area contributed by atoms with Crippen LogP contribution in [0.3, 0.4) is 0 Å². The van der Waals surface area contributed by atoms with E-state index >= 15 is 0 Å². The van der Waals surface area contributed by atoms with E-state index in [9.17, 15) is 0 Å². The highest BCUT2D eigenvalue weighted by atomic mass is 35.5. The summed E-state index contributed by atoms with van der Waals surface area (Å²) in [4.78, 5) is 0. The third kappa shape index (κ3) is 4.25. The maximum absolute atomic E-state index is 6.78. The Morgan fingerprint density at radius 2 is 1.38 bits per heavy atom. The van der Waals surface area contributed by atoms with Crippen molar-refractivity contribution in [2.45, 2.75) is 71.6 Å². The van der Waals surface area contributed by atoms with Gasteiger partial charge in [-0.3, -0.25) is 0 Å². The van der Waals surface area contributed by atoms with Crippen molar-refractivity contribution in [3.63, 3.8) is 0 Å². The van der Waals surface area contributed by atoms with E-state index < -0.39 is 0 Å². The van der Waals surface area contributed by atoms with Crippen molar-refractivity contribution in [2.24, 2.45) is 17.3 Å². The normalized spacial score (nSPS) is 25.1. The highest BCUT2D eigenvalue weighted by Gasteiger charge is 2.32. The molecular formula is C20H31Cl. The van der Waals surface area contributed by atoms with Crippen molar-refractivity contribution < 1.29 is 0 Å². The summed E-state index contributed by atoms with van der Waals surface area (Å²) in [5.74, 6) is 2.10. The summed E-state index contributed by atoms with van der Waals surface area (Å²) in [6.45, 7) is 11.6. The fourth-order valence-corrected chi connectivity index (χ4v) is 4.01. The summed E-state index contributed by atoms with van der Waals surface area (Å²) in [5.41, 5.74) is 3.16. The molecule has 0 nitrogen and oxygen atoms in total. The van der Waals surface area contributed by atoms with Crippen molar-refractivity contribution >= 4 is 11.6 Å². The van der Waals surface area contributed by atoms with Gasteiger partial charge >= 0.3 is 0 Å². The van der Waals surface area contributed by atoms with Gasteiger partial charge < -0.3 is 0 Å². The van der Waals surface area contributed by atoms with E-state index in [1.165, 1.54) is 36.8 Å². The van der Waals surface area contributed by atoms with Gasteiger partial charge in [-0.1, -0.05) is 58.9 Å². The third-order valence-electron chi connectivity index (χ3n) is 5.33. The SMILES string of the molecule is CC(C)c1ccc(C(Cl)C2CCC(C(C)(C)C)CC2)cc1. The van der Waals surface area contributed by atoms with Crippen LogP contribution in [0.15, 0.2) is 24.3 Å². The van der Waals surface area contributed by atoms with Gasteiger partial charge in [0.15, 0.2) is 0 Å². The molecule has 1 aromatic rings. The van der Waals surface area contributed by atoms with E-state index in [4.69, 9.17) is 11.6 Å². The fourth-order valence-electron chi connectivity index (χ4n) is 3.61. The summed E-state index contributed by atoms with van der Waals surface area (Å²) >= 11 is 6.78. The standard InChI is InChI=1S/C20H31Cl/c1-14(2)15-6-8-16(9-7-15)19(21)17-10-12-18(13-11-17)20(3,4)5/h6-9,14,17-19H,10-13H2,1-5H3. The number of rotatable bonds is 3. The van der Waals surface area contributed by atoms with Crippen LogP contribution in [0.25, 0.3) is 0 Å². The molecule has 118 valence electrons. The predicted octanol–water partition coefficient (Wildman–Crippen LogP) is 6.94. The number of benzene rings is 1. The Kier molecular flexibility index (Phi) is 5.41. The molecule has 0 heterocycles. The van der Waals surface area contributed by atoms with E-state index in [0.29, 0.717) is 17.3 Å². The minimum absolute atomic E-state index is 0.187. The van der Waals surface area contributed by atoms with Crippen LogP contribution in [0, 0.1) is 17.3 Å². The number of halogens is 1. The summed E-state index contributed by atoms with van der Waals surface area (Å²) in [6.07, 6.45) is 5.23. The molecule has 0 saturated heterocycles. The summed E-state index contributed by atoms with van der Waals surface area (Å²) in [6, 6.07) is 8.97. The van der Waals surface area contributed by atoms with Crippen LogP contribution >= 0.6 is 11.6 Å². The number of hydrogen-bond donors (Lipinski definition) is 0. The van der Waals surface area contributed by atoms with Gasteiger partial charge in [0.2, 0.25) is 0 Å². The third-order valence-corrected chi connectivity index (χ3v) is 5.94. The second-order valence-corrected chi connectivity index (χ2v) is 8.67. The van der Waals surface area contributed by atoms with Gasteiger partial charge in [0, 0.05) is 0 Å². The van der Waals surface area contributed by atoms with Crippen molar-refractivity contribution in [2.75, 3.05) is 0 Å². The molecule has 1 fully saturated rings. The van der Waals surface area contributed by atoms with Gasteiger partial charge in [0.1, 0.15) is 0 Å². The molecular weight excluding hydrogens is 276 g/mol. The Hall–Kier alpha value is -0.490. The molecule has 0 aliphatic heterocycles. The zero-order valence-corrected chi connectivity index (χ0v) is 15.1. The Labute approximate surface area is 136 Å². The average Bonchev–Trinajstić information content (AvgIpc) is 2.46. The molecule has 0 N–H and O–H groups in total. The average molecular weight is 307 g/mol. The molecule has 1 aliphatic carbocycles. The first-order chi connectivity index (χ1) is 9.79. The van der Waals surface area contributed by atoms with Crippen molar-refractivity contribution in [1.29, 1.82) is 0 Å². The van der Waals surface area contributed by atoms with Crippen LogP contribution in [-0.2, 0) is 0 Å². The second-order valence-electron chi connectivity index (χ2n) is 8.20. The van der Waals surface area contributed by atoms with Crippen LogP contribution in [0.4, 0.5) is 0 Å². The molecule has 2 rings (SSSR count). The smallest absolute Gasteiger partial charge is 0.0613 e. The second kappa shape index (κ2) is 6.73. The molecule has 0 radical (unpaired) electrons. The van der Waals surface area contributed by atoms with Gasteiger partial charge in [0.25, 0.3) is 0 Å². The van der Waals surface area contributed by atoms with E-state index in [2.05, 4.69) is 58.9 Å². The Morgan fingerprint density at radius 1 is 0.905 bits per heavy atom. The quantitative estimate of drug-likeness (QED) is 0.530. The minimum atomic E-state index is 0.187. The Balaban J connectivity index is 1.97. The molecule has 0 amide bonds. The topological polar surface area (TPSA) is 0 Å². The van der Waals surface area contributed by atoms with Crippen LogP contribution < -0.4 is 0 Å². The first-order valence-corrected chi connectivity index (χ1v) is 8.96. The molecule has 1 saturated carbocycles. The summed E-state index contributed by atoms with van der Waals surface area (Å²) in [7, 11) is 0. The molecule has 1 atom stereocenters. The van der Waals surface area contributed by atoms with Gasteiger partial charge in [0.05, 0.1) is 5.38 Å². The first-order valence-electron chi connectivity index (χ1n) is 8.53. The molecule has 0 bridgehead atoms. The van der Waals surface area contributed by atoms with Crippen LogP contribution in [0.2, 0.25) is 0 Å². The zero-order chi connectivity index (χ0) is 15.6. The van der Waals surface area contributed by atoms with Crippen LogP contribution in [0.5, 0.6) is 0 Å². The lowest BCUT2D eigenvalue weighted by molar-refractivity contribution is 0.148. The summed E-state index contributed by atoms with van der Waals surface area (Å²) in [5, 5.41) is 0.187. The number of hydrogen-bond acceptors (Lipinski definition) is 0. The molecule has 1 unspecified atom stereocenters. The van der Waals surface area contributed by atoms with Gasteiger partial charge in [-0.25, -0.2) is 0 Å². The lowest BCUT2D eigenvalue weighted by Crippen LogP contribution is -2.27. The van der Waals surface area contributed by atoms with Crippen molar-refractivity contribution in [1.82, 2.24) is 0 Å². The van der Waals surface area contributed by atoms with Crippen molar-refractivity contribution in [3.05, 3.63) is 35.4 Å². The molecule has 1 aromatic carbocycles. The monoisotopic (exact) mass is 306 g/mol. The largest absolute Gasteiger partial charge is 0.118 e. The first kappa shape index (κ1) is 16.9. The molecule has 1 aliphatic rings. The molecule has 1 heteroatoms. The molecule has 21 heavy (non-hydrogen) atoms. The molecule has 0 spiro atoms. The van der Waals surface area contributed by atoms with Crippen LogP contribution in [-0.4, -0.2) is 0 Å². The maximum Gasteiger partial charge on any atom is 0.0613 e. The van der Waals surface area contributed by atoms with Gasteiger partial charge in [-0.2, -0.15) is 0 Å². The van der Waals surface area contributed by atoms with Gasteiger partial charge in [-0.15, -0.1) is 11.6 Å². The fraction of sp³-hybridized carbons (Fsp3) is 0.700. The lowest BCUT2D eigenvalue weighted by atomic mass is 9.69. The number of alkyl halides is 1. The highest BCUT2D eigenvalue weighted by molar-refractivity contribution is 6.21. The molecule has 0 aromatic heterocycles. The van der Waals surface area contributed by atoms with E-state index in [1.807, 2.05) is 0 Å². The minimum Gasteiger partial charge on any atom is -0.118 e. The van der Waals surface area contributed by atoms with E-state index in [-0.39, 0.29) is 5.38 Å². The summed E-state index contributed by atoms with van der Waals surface area (Å²) < 4.78 is 0. The zero-order valence-electron chi connectivity index (χ0n) is 14.3. The van der Waals surface area contributed by atoms with Crippen LogP contribution in [0.1, 0.15) is 82.7 Å². The maximum atomic E-state index is 6.78. The predicted molar refractivity (Wildman–Crippen MR) is 94.0 cm³/mol. The lowest BCUT2D eigenvalue weighted by Gasteiger charge is -2.38. The van der Waals surface area contributed by atoms with E-state index in [1.54, 1.807) is 0 Å².